The molecule has 25 heteroatoms. The summed E-state index contributed by atoms with van der Waals surface area (Å²) in [6.07, 6.45) is 5.59. The highest BCUT2D eigenvalue weighted by atomic mass is 127. The molecular weight excluding hydrogens is 1240 g/mol. The normalized spacial score (nSPS) is 11.2. The van der Waals surface area contributed by atoms with Crippen molar-refractivity contribution in [3.63, 3.8) is 0 Å². The third-order valence-corrected chi connectivity index (χ3v) is 13.4. The third kappa shape index (κ3) is 15.8. The van der Waals surface area contributed by atoms with E-state index in [1.54, 1.807) is 12.1 Å². The lowest BCUT2D eigenvalue weighted by molar-refractivity contribution is -0.141. The van der Waals surface area contributed by atoms with Gasteiger partial charge in [-0.25, -0.2) is 25.6 Å². The van der Waals surface area contributed by atoms with Crippen LogP contribution in [0.3, 0.4) is 0 Å². The molecule has 0 fully saturated rings. The van der Waals surface area contributed by atoms with Gasteiger partial charge in [-0.2, -0.15) is 9.97 Å². The minimum atomic E-state index is -3.71. The first-order valence-electron chi connectivity index (χ1n) is 20.4. The molecule has 0 aliphatic heterocycles. The Balaban J connectivity index is 0.000000261. The molecule has 0 saturated heterocycles. The zero-order valence-electron chi connectivity index (χ0n) is 37.9. The monoisotopic (exact) mass is 1290 g/mol. The van der Waals surface area contributed by atoms with Crippen LogP contribution in [-0.2, 0) is 39.1 Å². The highest BCUT2D eigenvalue weighted by molar-refractivity contribution is 14.1. The van der Waals surface area contributed by atoms with Crippen molar-refractivity contribution in [2.75, 3.05) is 61.7 Å². The van der Waals surface area contributed by atoms with Crippen molar-refractivity contribution in [2.45, 2.75) is 38.5 Å². The summed E-state index contributed by atoms with van der Waals surface area (Å²) in [5.74, 6) is -1.50. The summed E-state index contributed by atoms with van der Waals surface area (Å²) in [5.41, 5.74) is 1.58. The molecule has 372 valence electrons. The van der Waals surface area contributed by atoms with E-state index < -0.39 is 43.5 Å². The molecule has 4 heterocycles. The highest BCUT2D eigenvalue weighted by Crippen LogP contribution is 2.38. The Kier molecular flexibility index (Phi) is 21.1. The van der Waals surface area contributed by atoms with Crippen LogP contribution in [0.25, 0.3) is 44.8 Å². The van der Waals surface area contributed by atoms with Gasteiger partial charge in [-0.1, -0.05) is 15.9 Å². The number of alkyl halides is 1. The first-order chi connectivity index (χ1) is 32.6. The number of pyridine rings is 2. The number of esters is 2. The molecule has 0 spiro atoms. The van der Waals surface area contributed by atoms with Gasteiger partial charge in [0.25, 0.3) is 11.8 Å². The molecule has 0 saturated carbocycles. The number of carbonyl (C=O) groups excluding carboxylic acids is 4. The molecule has 0 bridgehead atoms. The van der Waals surface area contributed by atoms with Crippen molar-refractivity contribution in [2.24, 2.45) is 0 Å². The lowest BCUT2D eigenvalue weighted by atomic mass is 10.1. The van der Waals surface area contributed by atoms with Gasteiger partial charge in [0.1, 0.15) is 23.2 Å². The smallest absolute Gasteiger partial charge is 0.305 e. The fourth-order valence-corrected chi connectivity index (χ4v) is 9.70. The van der Waals surface area contributed by atoms with Crippen LogP contribution in [0.15, 0.2) is 69.5 Å². The van der Waals surface area contributed by atoms with Crippen LogP contribution < -0.4 is 19.7 Å². The molecule has 0 aliphatic carbocycles. The van der Waals surface area contributed by atoms with Gasteiger partial charge in [0, 0.05) is 49.9 Å². The Morgan fingerprint density at radius 2 is 1.13 bits per heavy atom. The number of fused-ring (bicyclic) bond motifs is 2. The predicted octanol–water partition coefficient (Wildman–Crippen LogP) is 8.40. The number of sulfonamides is 2. The number of aromatic nitrogens is 2. The van der Waals surface area contributed by atoms with Gasteiger partial charge in [0.15, 0.2) is 11.6 Å². The van der Waals surface area contributed by atoms with Crippen molar-refractivity contribution in [3.8, 4) is 22.6 Å². The number of furan rings is 2. The van der Waals surface area contributed by atoms with Crippen LogP contribution in [0.4, 0.5) is 20.4 Å². The number of carbonyl (C=O) groups is 4. The second kappa shape index (κ2) is 25.7. The summed E-state index contributed by atoms with van der Waals surface area (Å²) in [5, 5.41) is 6.88. The van der Waals surface area contributed by atoms with Gasteiger partial charge >= 0.3 is 11.9 Å². The first-order valence-corrected chi connectivity index (χ1v) is 27.5. The van der Waals surface area contributed by atoms with Gasteiger partial charge in [0.05, 0.1) is 55.8 Å². The number of amides is 2. The number of benzene rings is 2. The fraction of sp³-hybridized carbons (Fsp3) is 0.318. The Morgan fingerprint density at radius 1 is 0.696 bits per heavy atom. The second-order valence-corrected chi connectivity index (χ2v) is 21.3. The maximum absolute atomic E-state index is 13.4. The van der Waals surface area contributed by atoms with Crippen LogP contribution in [0.2, 0.25) is 0 Å². The quantitative estimate of drug-likeness (QED) is 0.0336. The van der Waals surface area contributed by atoms with E-state index in [9.17, 15) is 44.8 Å². The Hall–Kier alpha value is -5.00. The van der Waals surface area contributed by atoms with Crippen molar-refractivity contribution >= 4 is 139 Å². The number of methoxy groups -OCH3 is 2. The number of ether oxygens (including phenoxy) is 2. The maximum atomic E-state index is 13.4. The SMILES string of the molecule is CNC(=O)c1c(-c2ccc(F)cc2)oc2nc(N(CCCCC(=O)OC)S(C)(=O)=O)c(I)cc12.CNC(=O)c1c(-c2ccc(F)cc2)oc2nc(NS(C)(=O)=O)c(I)cc12.COC(=O)CCCCBr. The van der Waals surface area contributed by atoms with Crippen LogP contribution in [-0.4, -0.2) is 103 Å². The zero-order valence-corrected chi connectivity index (χ0v) is 45.4. The van der Waals surface area contributed by atoms with Crippen LogP contribution in [0, 0.1) is 18.8 Å². The largest absolute Gasteiger partial charge is 0.469 e. The van der Waals surface area contributed by atoms with Gasteiger partial charge in [0.2, 0.25) is 31.5 Å². The van der Waals surface area contributed by atoms with Gasteiger partial charge < -0.3 is 28.9 Å². The molecule has 6 rings (SSSR count). The predicted molar refractivity (Wildman–Crippen MR) is 277 cm³/mol. The Bertz CT molecular complexity index is 3030. The van der Waals surface area contributed by atoms with Gasteiger partial charge in [-0.15, -0.1) is 0 Å². The number of anilines is 2. The summed E-state index contributed by atoms with van der Waals surface area (Å²) in [4.78, 5) is 55.5. The number of hydrogen-bond acceptors (Lipinski definition) is 14. The molecule has 0 unspecified atom stereocenters. The molecule has 0 radical (unpaired) electrons. The third-order valence-electron chi connectivity index (χ3n) is 9.51. The molecule has 2 aromatic carbocycles. The van der Waals surface area contributed by atoms with Crippen LogP contribution >= 0.6 is 61.1 Å². The minimum absolute atomic E-state index is 0.0663. The lowest BCUT2D eigenvalue weighted by Gasteiger charge is -2.22. The number of nitrogens with one attached hydrogen (secondary N) is 3. The van der Waals surface area contributed by atoms with Gasteiger partial charge in [-0.05, 0) is 132 Å². The average Bonchev–Trinajstić information content (AvgIpc) is 3.86. The van der Waals surface area contributed by atoms with Crippen LogP contribution in [0.1, 0.15) is 59.2 Å². The van der Waals surface area contributed by atoms with E-state index in [0.717, 1.165) is 35.0 Å². The van der Waals surface area contributed by atoms with E-state index in [0.29, 0.717) is 48.3 Å². The topological polar surface area (TPSA) is 246 Å². The van der Waals surface area contributed by atoms with E-state index in [4.69, 9.17) is 8.83 Å². The van der Waals surface area contributed by atoms with E-state index in [1.807, 2.05) is 45.2 Å². The second-order valence-electron chi connectivity index (χ2n) is 14.6. The molecule has 69 heavy (non-hydrogen) atoms. The lowest BCUT2D eigenvalue weighted by Crippen LogP contribution is -2.32. The van der Waals surface area contributed by atoms with Crippen molar-refractivity contribution in [1.82, 2.24) is 20.6 Å². The molecular formula is C44H47BrF2I2N6O12S2. The maximum Gasteiger partial charge on any atom is 0.305 e. The van der Waals surface area contributed by atoms with Crippen molar-refractivity contribution in [3.05, 3.63) is 90.6 Å². The summed E-state index contributed by atoms with van der Waals surface area (Å²) >= 11 is 7.14. The Morgan fingerprint density at radius 3 is 1.54 bits per heavy atom. The summed E-state index contributed by atoms with van der Waals surface area (Å²) < 4.78 is 99.8. The molecule has 0 aliphatic rings. The standard InChI is InChI=1S/C22H23FIN3O6S.C16H13FIN3O4S.C6H11BrO2/c1-25-21(29)18-15-12-16(24)20(27(34(3,30)31)11-5-4-6-17(28)32-2)26-22(15)33-19(18)13-7-9-14(23)10-8-13;1-19-15(22)12-10-7-11(18)14(21-26(2,23)24)20-16(10)25-13(12)8-3-5-9(17)6-4-8;1-9-6(8)4-2-3-5-7/h7-10,12H,4-6,11H2,1-3H3,(H,25,29);3-7H,1-2H3,(H,19,22)(H,20,21);2-5H2,1H3. The number of nitrogens with zero attached hydrogens (tertiary/aromatic N) is 3. The number of halogens is 5. The zero-order chi connectivity index (χ0) is 51.2. The number of unbranched alkanes of at least 4 members (excludes halogenated alkanes) is 2. The average molecular weight is 1290 g/mol. The van der Waals surface area contributed by atoms with Crippen LogP contribution in [0.5, 0.6) is 0 Å². The van der Waals surface area contributed by atoms with E-state index >= 15 is 0 Å². The molecule has 0 atom stereocenters. The first kappa shape index (κ1) is 56.6. The molecule has 18 nitrogen and oxygen atoms in total. The fourth-order valence-electron chi connectivity index (χ4n) is 6.24. The summed E-state index contributed by atoms with van der Waals surface area (Å²) in [7, 11) is -1.58. The van der Waals surface area contributed by atoms with Gasteiger partial charge in [-0.3, -0.25) is 28.2 Å². The van der Waals surface area contributed by atoms with E-state index in [2.05, 4.69) is 50.7 Å². The number of hydrogen-bond donors (Lipinski definition) is 3. The Labute approximate surface area is 432 Å². The highest BCUT2D eigenvalue weighted by Gasteiger charge is 2.28. The van der Waals surface area contributed by atoms with E-state index in [1.165, 1.54) is 76.8 Å². The number of rotatable bonds is 17. The summed E-state index contributed by atoms with van der Waals surface area (Å²) in [6.45, 7) is 0.0954. The summed E-state index contributed by atoms with van der Waals surface area (Å²) in [6, 6.07) is 14.2. The molecule has 6 aromatic rings. The van der Waals surface area contributed by atoms with Crippen molar-refractivity contribution < 1.29 is 63.1 Å². The van der Waals surface area contributed by atoms with E-state index in [-0.39, 0.29) is 70.6 Å². The van der Waals surface area contributed by atoms with Crippen molar-refractivity contribution in [1.29, 1.82) is 0 Å². The molecule has 2 amide bonds. The minimum Gasteiger partial charge on any atom is -0.469 e. The molecule has 3 N–H and O–H groups in total. The molecule has 4 aromatic heterocycles.